The topological polar surface area (TPSA) is 12.5 Å². The monoisotopic (exact) mass is 250 g/mol. The summed E-state index contributed by atoms with van der Waals surface area (Å²) in [5.74, 6) is 7.53. The molecule has 3 unspecified atom stereocenters. The van der Waals surface area contributed by atoms with Crippen molar-refractivity contribution in [2.24, 2.45) is 5.92 Å². The van der Waals surface area contributed by atoms with Crippen LogP contribution in [0, 0.1) is 5.92 Å². The Labute approximate surface area is 99.5 Å². The zero-order valence-electron chi connectivity index (χ0n) is 8.61. The molecule has 2 aliphatic heterocycles. The summed E-state index contributed by atoms with van der Waals surface area (Å²) in [5.41, 5.74) is 0. The summed E-state index contributed by atoms with van der Waals surface area (Å²) in [6, 6.07) is 0. The van der Waals surface area contributed by atoms with Crippen LogP contribution in [0.2, 0.25) is 0 Å². The molecule has 0 aromatic heterocycles. The first kappa shape index (κ1) is 11.5. The minimum atomic E-state index is 0.600. The van der Waals surface area contributed by atoms with Crippen LogP contribution in [0.3, 0.4) is 0 Å². The van der Waals surface area contributed by atoms with Gasteiger partial charge in [-0.25, -0.2) is 0 Å². The molecule has 0 aromatic rings. The first-order valence-electron chi connectivity index (χ1n) is 5.23. The van der Waals surface area contributed by atoms with Crippen molar-refractivity contribution in [1.82, 2.24) is 0 Å². The highest BCUT2D eigenvalue weighted by Crippen LogP contribution is 2.33. The molecule has 2 saturated heterocycles. The van der Waals surface area contributed by atoms with Crippen LogP contribution in [0.25, 0.3) is 0 Å². The number of epoxide rings is 1. The molecular weight excluding hydrogens is 232 g/mol. The zero-order valence-corrected chi connectivity index (χ0v) is 11.1. The van der Waals surface area contributed by atoms with Crippen molar-refractivity contribution >= 4 is 35.3 Å². The van der Waals surface area contributed by atoms with Crippen LogP contribution in [0.1, 0.15) is 6.92 Å². The minimum Gasteiger partial charge on any atom is -0.372 e. The van der Waals surface area contributed by atoms with E-state index < -0.39 is 0 Å². The third kappa shape index (κ3) is 5.19. The molecule has 1 nitrogen and oxygen atoms in total. The summed E-state index contributed by atoms with van der Waals surface area (Å²) in [6.45, 7) is 3.38. The Morgan fingerprint density at radius 3 is 2.57 bits per heavy atom. The first-order valence-corrected chi connectivity index (χ1v) is 8.59. The highest BCUT2D eigenvalue weighted by molar-refractivity contribution is 8.08. The number of thioether (sulfide) groups is 3. The standard InChI is InChI=1S/C10H18OS3/c1-8(3-12-5-9-2-11-9)4-13-6-10-7-14-10/h8-10H,2-7H2,1H3. The van der Waals surface area contributed by atoms with E-state index in [-0.39, 0.29) is 0 Å². The summed E-state index contributed by atoms with van der Waals surface area (Å²) in [7, 11) is 0. The first-order chi connectivity index (χ1) is 6.84. The van der Waals surface area contributed by atoms with Gasteiger partial charge in [0.05, 0.1) is 12.7 Å². The van der Waals surface area contributed by atoms with Gasteiger partial charge in [0, 0.05) is 22.5 Å². The second kappa shape index (κ2) is 5.92. The zero-order chi connectivity index (χ0) is 9.80. The predicted octanol–water partition coefficient (Wildman–Crippen LogP) is 2.60. The van der Waals surface area contributed by atoms with Crippen LogP contribution in [0.15, 0.2) is 0 Å². The fourth-order valence-corrected chi connectivity index (χ4v) is 4.55. The van der Waals surface area contributed by atoms with E-state index in [0.717, 1.165) is 17.8 Å². The number of rotatable bonds is 8. The fraction of sp³-hybridized carbons (Fsp3) is 1.00. The van der Waals surface area contributed by atoms with Crippen LogP contribution in [0.5, 0.6) is 0 Å². The molecular formula is C10H18OS3. The lowest BCUT2D eigenvalue weighted by molar-refractivity contribution is 0.426. The molecule has 2 heterocycles. The Hall–Kier alpha value is 1.01. The van der Waals surface area contributed by atoms with Gasteiger partial charge in [-0.3, -0.25) is 0 Å². The number of ether oxygens (including phenoxy) is 1. The average molecular weight is 250 g/mol. The van der Waals surface area contributed by atoms with E-state index >= 15 is 0 Å². The van der Waals surface area contributed by atoms with Crippen LogP contribution in [-0.2, 0) is 4.74 Å². The molecule has 0 aromatic carbocycles. The van der Waals surface area contributed by atoms with E-state index in [1.54, 1.807) is 0 Å². The van der Waals surface area contributed by atoms with Crippen molar-refractivity contribution in [2.75, 3.05) is 35.4 Å². The van der Waals surface area contributed by atoms with Crippen molar-refractivity contribution in [3.8, 4) is 0 Å². The Morgan fingerprint density at radius 2 is 2.00 bits per heavy atom. The lowest BCUT2D eigenvalue weighted by atomic mass is 10.3. The molecule has 0 N–H and O–H groups in total. The van der Waals surface area contributed by atoms with Gasteiger partial charge >= 0.3 is 0 Å². The predicted molar refractivity (Wildman–Crippen MR) is 69.8 cm³/mol. The van der Waals surface area contributed by atoms with Gasteiger partial charge in [0.25, 0.3) is 0 Å². The molecule has 0 saturated carbocycles. The largest absolute Gasteiger partial charge is 0.372 e. The fourth-order valence-electron chi connectivity index (χ4n) is 1.18. The Bertz CT molecular complexity index is 151. The van der Waals surface area contributed by atoms with Crippen molar-refractivity contribution in [3.63, 3.8) is 0 Å². The van der Waals surface area contributed by atoms with E-state index in [2.05, 4.69) is 42.2 Å². The van der Waals surface area contributed by atoms with Crippen LogP contribution >= 0.6 is 35.3 Å². The van der Waals surface area contributed by atoms with Gasteiger partial charge in [-0.2, -0.15) is 35.3 Å². The molecule has 2 aliphatic rings. The lowest BCUT2D eigenvalue weighted by Gasteiger charge is -2.09. The van der Waals surface area contributed by atoms with Gasteiger partial charge in [-0.05, 0) is 17.4 Å². The minimum absolute atomic E-state index is 0.600. The van der Waals surface area contributed by atoms with E-state index in [9.17, 15) is 0 Å². The summed E-state index contributed by atoms with van der Waals surface area (Å²) in [4.78, 5) is 0. The molecule has 0 aliphatic carbocycles. The van der Waals surface area contributed by atoms with Gasteiger partial charge in [-0.15, -0.1) is 0 Å². The maximum atomic E-state index is 5.18. The van der Waals surface area contributed by atoms with Gasteiger partial charge in [0.15, 0.2) is 0 Å². The lowest BCUT2D eigenvalue weighted by Crippen LogP contribution is -2.05. The smallest absolute Gasteiger partial charge is 0.0900 e. The summed E-state index contributed by atoms with van der Waals surface area (Å²) >= 11 is 6.31. The Kier molecular flexibility index (Phi) is 4.86. The normalized spacial score (nSPS) is 31.5. The molecule has 82 valence electrons. The van der Waals surface area contributed by atoms with Gasteiger partial charge in [0.1, 0.15) is 0 Å². The number of hydrogen-bond donors (Lipinski definition) is 0. The van der Waals surface area contributed by atoms with Crippen molar-refractivity contribution in [1.29, 1.82) is 0 Å². The SMILES string of the molecule is CC(CSCC1CO1)CSCC1CS1. The molecule has 0 spiro atoms. The van der Waals surface area contributed by atoms with Gasteiger partial charge in [0.2, 0.25) is 0 Å². The molecule has 0 amide bonds. The molecule has 0 bridgehead atoms. The Balaban J connectivity index is 1.38. The maximum Gasteiger partial charge on any atom is 0.0900 e. The molecule has 2 fully saturated rings. The van der Waals surface area contributed by atoms with Crippen molar-refractivity contribution in [2.45, 2.75) is 18.3 Å². The van der Waals surface area contributed by atoms with E-state index in [1.165, 1.54) is 28.8 Å². The highest BCUT2D eigenvalue weighted by Gasteiger charge is 2.23. The summed E-state index contributed by atoms with van der Waals surface area (Å²) in [5, 5.41) is 1.000. The molecule has 0 radical (unpaired) electrons. The van der Waals surface area contributed by atoms with Crippen LogP contribution in [-0.4, -0.2) is 46.7 Å². The van der Waals surface area contributed by atoms with Gasteiger partial charge < -0.3 is 4.74 Å². The quantitative estimate of drug-likeness (QED) is 0.614. The molecule has 3 atom stereocenters. The van der Waals surface area contributed by atoms with E-state index in [0.29, 0.717) is 6.10 Å². The van der Waals surface area contributed by atoms with Crippen molar-refractivity contribution < 1.29 is 4.74 Å². The average Bonchev–Trinajstić information content (AvgIpc) is 2.99. The third-order valence-electron chi connectivity index (χ3n) is 2.22. The molecule has 14 heavy (non-hydrogen) atoms. The second-order valence-electron chi connectivity index (χ2n) is 4.09. The van der Waals surface area contributed by atoms with E-state index in [1.807, 2.05) is 0 Å². The van der Waals surface area contributed by atoms with Crippen LogP contribution in [0.4, 0.5) is 0 Å². The number of hydrogen-bond acceptors (Lipinski definition) is 4. The molecule has 4 heteroatoms. The van der Waals surface area contributed by atoms with Crippen molar-refractivity contribution in [3.05, 3.63) is 0 Å². The summed E-state index contributed by atoms with van der Waals surface area (Å²) < 4.78 is 5.18. The third-order valence-corrected chi connectivity index (χ3v) is 6.25. The Morgan fingerprint density at radius 1 is 1.36 bits per heavy atom. The van der Waals surface area contributed by atoms with Crippen LogP contribution < -0.4 is 0 Å². The summed E-state index contributed by atoms with van der Waals surface area (Å²) in [6.07, 6.45) is 0.600. The van der Waals surface area contributed by atoms with Gasteiger partial charge in [-0.1, -0.05) is 6.92 Å². The highest BCUT2D eigenvalue weighted by atomic mass is 32.2. The molecule has 2 rings (SSSR count). The maximum absolute atomic E-state index is 5.18. The second-order valence-corrected chi connectivity index (χ2v) is 7.57. The van der Waals surface area contributed by atoms with E-state index in [4.69, 9.17) is 4.74 Å².